The number of rotatable bonds is 6. The third kappa shape index (κ3) is 4.84. The van der Waals surface area contributed by atoms with Crippen molar-refractivity contribution in [3.8, 4) is 0 Å². The summed E-state index contributed by atoms with van der Waals surface area (Å²) in [6.45, 7) is 7.45. The summed E-state index contributed by atoms with van der Waals surface area (Å²) in [6, 6.07) is 9.95. The Labute approximate surface area is 131 Å². The van der Waals surface area contributed by atoms with Gasteiger partial charge < -0.3 is 10.6 Å². The Kier molecular flexibility index (Phi) is 5.47. The average Bonchev–Trinajstić information content (AvgIpc) is 2.52. The summed E-state index contributed by atoms with van der Waals surface area (Å²) in [6.07, 6.45) is 1.40. The van der Waals surface area contributed by atoms with Crippen LogP contribution in [0.15, 0.2) is 36.7 Å². The first-order valence-corrected chi connectivity index (χ1v) is 7.44. The van der Waals surface area contributed by atoms with Crippen LogP contribution >= 0.6 is 0 Å². The zero-order valence-corrected chi connectivity index (χ0v) is 13.3. The topological polar surface area (TPSA) is 66.9 Å². The smallest absolute Gasteiger partial charge is 0.270 e. The van der Waals surface area contributed by atoms with Crippen LogP contribution in [0.1, 0.15) is 35.5 Å². The van der Waals surface area contributed by atoms with Crippen molar-refractivity contribution >= 4 is 11.7 Å². The lowest BCUT2D eigenvalue weighted by Gasteiger charge is -2.09. The largest absolute Gasteiger partial charge is 0.366 e. The summed E-state index contributed by atoms with van der Waals surface area (Å²) in [5.41, 5.74) is 2.77. The van der Waals surface area contributed by atoms with Gasteiger partial charge in [0.15, 0.2) is 0 Å². The summed E-state index contributed by atoms with van der Waals surface area (Å²) < 4.78 is 0. The van der Waals surface area contributed by atoms with Crippen molar-refractivity contribution in [3.05, 3.63) is 53.5 Å². The molecule has 0 aliphatic carbocycles. The van der Waals surface area contributed by atoms with Gasteiger partial charge in [0.05, 0.1) is 0 Å². The lowest BCUT2D eigenvalue weighted by Crippen LogP contribution is -2.28. The number of carbonyl (C=O) groups excluding carboxylic acids is 1. The van der Waals surface area contributed by atoms with Gasteiger partial charge in [-0.25, -0.2) is 9.97 Å². The summed E-state index contributed by atoms with van der Waals surface area (Å²) >= 11 is 0. The fourth-order valence-electron chi connectivity index (χ4n) is 1.86. The molecule has 1 heterocycles. The molecular formula is C17H22N4O. The first-order chi connectivity index (χ1) is 10.5. The van der Waals surface area contributed by atoms with E-state index in [4.69, 9.17) is 0 Å². The molecule has 0 aliphatic rings. The molecule has 0 saturated carbocycles. The van der Waals surface area contributed by atoms with Crippen molar-refractivity contribution in [1.29, 1.82) is 0 Å². The Morgan fingerprint density at radius 2 is 1.91 bits per heavy atom. The molecule has 116 valence electrons. The first-order valence-electron chi connectivity index (χ1n) is 7.44. The molecule has 0 bridgehead atoms. The average molecular weight is 298 g/mol. The second-order valence-electron chi connectivity index (χ2n) is 5.73. The zero-order valence-electron chi connectivity index (χ0n) is 13.3. The van der Waals surface area contributed by atoms with Crippen LogP contribution in [-0.4, -0.2) is 22.4 Å². The minimum absolute atomic E-state index is 0.172. The minimum Gasteiger partial charge on any atom is -0.366 e. The molecule has 0 fully saturated rings. The van der Waals surface area contributed by atoms with E-state index < -0.39 is 0 Å². The Morgan fingerprint density at radius 3 is 2.59 bits per heavy atom. The van der Waals surface area contributed by atoms with Gasteiger partial charge in [-0.1, -0.05) is 43.7 Å². The molecule has 0 aliphatic heterocycles. The predicted octanol–water partition coefficient (Wildman–Crippen LogP) is 2.78. The number of nitrogens with zero attached hydrogens (tertiary/aromatic N) is 2. The molecule has 2 rings (SSSR count). The van der Waals surface area contributed by atoms with E-state index in [0.29, 0.717) is 30.5 Å². The monoisotopic (exact) mass is 298 g/mol. The van der Waals surface area contributed by atoms with Gasteiger partial charge in [0, 0.05) is 19.2 Å². The molecule has 2 aromatic rings. The van der Waals surface area contributed by atoms with E-state index in [0.717, 1.165) is 5.56 Å². The van der Waals surface area contributed by atoms with E-state index in [2.05, 4.69) is 65.6 Å². The quantitative estimate of drug-likeness (QED) is 0.860. The van der Waals surface area contributed by atoms with Crippen LogP contribution in [0.5, 0.6) is 0 Å². The van der Waals surface area contributed by atoms with Crippen LogP contribution in [0.3, 0.4) is 0 Å². The highest BCUT2D eigenvalue weighted by atomic mass is 16.1. The van der Waals surface area contributed by atoms with Crippen LogP contribution in [-0.2, 0) is 6.54 Å². The Hall–Kier alpha value is -2.43. The number of hydrogen-bond donors (Lipinski definition) is 2. The molecule has 0 unspecified atom stereocenters. The maximum absolute atomic E-state index is 12.0. The van der Waals surface area contributed by atoms with Gasteiger partial charge >= 0.3 is 0 Å². The van der Waals surface area contributed by atoms with E-state index in [1.165, 1.54) is 11.9 Å². The van der Waals surface area contributed by atoms with Gasteiger partial charge in [0.25, 0.3) is 5.91 Å². The molecule has 0 radical (unpaired) electrons. The fourth-order valence-corrected chi connectivity index (χ4v) is 1.86. The zero-order chi connectivity index (χ0) is 15.9. The van der Waals surface area contributed by atoms with Crippen LogP contribution in [0.2, 0.25) is 0 Å². The highest BCUT2D eigenvalue weighted by molar-refractivity contribution is 5.92. The van der Waals surface area contributed by atoms with Gasteiger partial charge in [-0.05, 0) is 18.4 Å². The van der Waals surface area contributed by atoms with Crippen LogP contribution < -0.4 is 10.6 Å². The summed E-state index contributed by atoms with van der Waals surface area (Å²) in [5, 5.41) is 6.06. The number of anilines is 1. The molecule has 5 nitrogen and oxygen atoms in total. The Morgan fingerprint density at radius 1 is 1.18 bits per heavy atom. The predicted molar refractivity (Wildman–Crippen MR) is 87.7 cm³/mol. The second kappa shape index (κ2) is 7.54. The van der Waals surface area contributed by atoms with Gasteiger partial charge in [0.2, 0.25) is 0 Å². The normalized spacial score (nSPS) is 10.5. The van der Waals surface area contributed by atoms with E-state index in [-0.39, 0.29) is 5.91 Å². The third-order valence-corrected chi connectivity index (χ3v) is 3.16. The maximum atomic E-state index is 12.0. The number of aromatic nitrogens is 2. The van der Waals surface area contributed by atoms with Crippen molar-refractivity contribution in [2.75, 3.05) is 11.9 Å². The van der Waals surface area contributed by atoms with E-state index in [1.807, 2.05) is 0 Å². The van der Waals surface area contributed by atoms with Crippen molar-refractivity contribution in [3.63, 3.8) is 0 Å². The summed E-state index contributed by atoms with van der Waals surface area (Å²) in [4.78, 5) is 20.2. The van der Waals surface area contributed by atoms with Crippen LogP contribution in [0.25, 0.3) is 0 Å². The van der Waals surface area contributed by atoms with Gasteiger partial charge in [-0.3, -0.25) is 4.79 Å². The van der Waals surface area contributed by atoms with Crippen molar-refractivity contribution < 1.29 is 4.79 Å². The maximum Gasteiger partial charge on any atom is 0.270 e. The summed E-state index contributed by atoms with van der Waals surface area (Å²) in [7, 11) is 0. The number of hydrogen-bond acceptors (Lipinski definition) is 4. The first kappa shape index (κ1) is 15.9. The van der Waals surface area contributed by atoms with E-state index in [9.17, 15) is 4.79 Å². The molecule has 0 atom stereocenters. The van der Waals surface area contributed by atoms with E-state index in [1.54, 1.807) is 6.07 Å². The number of amides is 1. The third-order valence-electron chi connectivity index (χ3n) is 3.16. The van der Waals surface area contributed by atoms with Crippen molar-refractivity contribution in [2.45, 2.75) is 27.3 Å². The van der Waals surface area contributed by atoms with E-state index >= 15 is 0 Å². The highest BCUT2D eigenvalue weighted by Gasteiger charge is 2.08. The Bertz CT molecular complexity index is 623. The molecule has 0 spiro atoms. The molecule has 1 aromatic carbocycles. The van der Waals surface area contributed by atoms with Crippen LogP contribution in [0.4, 0.5) is 5.82 Å². The fraction of sp³-hybridized carbons (Fsp3) is 0.353. The van der Waals surface area contributed by atoms with Crippen molar-refractivity contribution in [2.24, 2.45) is 5.92 Å². The van der Waals surface area contributed by atoms with Crippen LogP contribution in [0, 0.1) is 12.8 Å². The molecule has 2 N–H and O–H groups in total. The minimum atomic E-state index is -0.172. The van der Waals surface area contributed by atoms with Gasteiger partial charge in [-0.2, -0.15) is 0 Å². The number of nitrogens with one attached hydrogen (secondary N) is 2. The molecule has 1 amide bonds. The second-order valence-corrected chi connectivity index (χ2v) is 5.73. The highest BCUT2D eigenvalue weighted by Crippen LogP contribution is 2.08. The lowest BCUT2D eigenvalue weighted by atomic mass is 10.1. The standard InChI is InChI=1S/C17H22N4O/c1-12(2)9-19-17(22)15-8-16(21-11-20-15)18-10-14-6-4-13(3)5-7-14/h4-8,11-12H,9-10H2,1-3H3,(H,19,22)(H,18,20,21). The number of carbonyl (C=O) groups is 1. The van der Waals surface area contributed by atoms with Gasteiger partial charge in [0.1, 0.15) is 17.8 Å². The lowest BCUT2D eigenvalue weighted by molar-refractivity contribution is 0.0944. The molecular weight excluding hydrogens is 276 g/mol. The number of aryl methyl sites for hydroxylation is 1. The Balaban J connectivity index is 1.96. The summed E-state index contributed by atoms with van der Waals surface area (Å²) in [5.74, 6) is 0.879. The number of benzene rings is 1. The molecule has 5 heteroatoms. The molecule has 0 saturated heterocycles. The van der Waals surface area contributed by atoms with Crippen molar-refractivity contribution in [1.82, 2.24) is 15.3 Å². The molecule has 22 heavy (non-hydrogen) atoms. The SMILES string of the molecule is Cc1ccc(CNc2cc(C(=O)NCC(C)C)ncn2)cc1. The molecule has 1 aromatic heterocycles. The van der Waals surface area contributed by atoms with Gasteiger partial charge in [-0.15, -0.1) is 0 Å².